The SMILES string of the molecule is CCCCOc1ccc(S(=O)(=O)N2CCN(c3cc(N4CCN(C)CC4)nc(C)n3)CC2)cc1. The van der Waals surface area contributed by atoms with Crippen molar-refractivity contribution in [2.75, 3.05) is 75.8 Å². The van der Waals surface area contributed by atoms with Crippen molar-refractivity contribution in [2.45, 2.75) is 31.6 Å². The first-order chi connectivity index (χ1) is 16.4. The van der Waals surface area contributed by atoms with Crippen molar-refractivity contribution in [1.29, 1.82) is 0 Å². The van der Waals surface area contributed by atoms with Gasteiger partial charge in [-0.05, 0) is 44.7 Å². The number of unbranched alkanes of at least 4 members (excludes halogenated alkanes) is 1. The number of anilines is 2. The number of nitrogens with zero attached hydrogens (tertiary/aromatic N) is 6. The molecule has 2 aliphatic heterocycles. The maximum atomic E-state index is 13.2. The van der Waals surface area contributed by atoms with Crippen molar-refractivity contribution in [1.82, 2.24) is 19.2 Å². The zero-order valence-corrected chi connectivity index (χ0v) is 21.3. The van der Waals surface area contributed by atoms with Gasteiger partial charge in [0.1, 0.15) is 23.2 Å². The lowest BCUT2D eigenvalue weighted by molar-refractivity contribution is 0.309. The molecule has 4 rings (SSSR count). The summed E-state index contributed by atoms with van der Waals surface area (Å²) in [7, 11) is -1.41. The molecule has 9 nitrogen and oxygen atoms in total. The molecule has 0 spiro atoms. The molecular weight excluding hydrogens is 452 g/mol. The van der Waals surface area contributed by atoms with Crippen molar-refractivity contribution in [3.8, 4) is 5.75 Å². The number of aryl methyl sites for hydroxylation is 1. The first-order valence-electron chi connectivity index (χ1n) is 12.1. The molecule has 0 atom stereocenters. The number of aromatic nitrogens is 2. The van der Waals surface area contributed by atoms with Crippen LogP contribution in [0.15, 0.2) is 35.2 Å². The fourth-order valence-corrected chi connectivity index (χ4v) is 5.67. The van der Waals surface area contributed by atoms with Gasteiger partial charge in [0.15, 0.2) is 0 Å². The monoisotopic (exact) mass is 488 g/mol. The standard InChI is InChI=1S/C24H36N6O3S/c1-4-5-18-33-21-6-8-22(9-7-21)34(31,32)30-16-14-29(15-17-30)24-19-23(25-20(2)26-24)28-12-10-27(3)11-13-28/h6-9,19H,4-5,10-18H2,1-3H3. The van der Waals surface area contributed by atoms with Crippen LogP contribution in [0.5, 0.6) is 5.75 Å². The third kappa shape index (κ3) is 5.79. The summed E-state index contributed by atoms with van der Waals surface area (Å²) < 4.78 is 33.6. The molecule has 186 valence electrons. The van der Waals surface area contributed by atoms with Gasteiger partial charge in [-0.15, -0.1) is 0 Å². The van der Waals surface area contributed by atoms with E-state index in [4.69, 9.17) is 4.74 Å². The summed E-state index contributed by atoms with van der Waals surface area (Å²) in [6, 6.07) is 8.79. The van der Waals surface area contributed by atoms with Crippen LogP contribution in [-0.2, 0) is 10.0 Å². The second-order valence-corrected chi connectivity index (χ2v) is 10.9. The van der Waals surface area contributed by atoms with Crippen molar-refractivity contribution in [3.63, 3.8) is 0 Å². The van der Waals surface area contributed by atoms with E-state index in [-0.39, 0.29) is 0 Å². The Kier molecular flexibility index (Phi) is 7.90. The lowest BCUT2D eigenvalue weighted by Crippen LogP contribution is -2.49. The summed E-state index contributed by atoms with van der Waals surface area (Å²) in [6.45, 7) is 10.6. The molecule has 0 N–H and O–H groups in total. The van der Waals surface area contributed by atoms with Crippen LogP contribution in [0.2, 0.25) is 0 Å². The zero-order valence-electron chi connectivity index (χ0n) is 20.5. The van der Waals surface area contributed by atoms with Crippen LogP contribution < -0.4 is 14.5 Å². The molecule has 0 unspecified atom stereocenters. The molecule has 0 saturated carbocycles. The summed E-state index contributed by atoms with van der Waals surface area (Å²) in [5, 5.41) is 0. The molecule has 2 fully saturated rings. The molecule has 1 aromatic carbocycles. The molecule has 0 bridgehead atoms. The smallest absolute Gasteiger partial charge is 0.243 e. The Morgan fingerprint density at radius 2 is 1.44 bits per heavy atom. The highest BCUT2D eigenvalue weighted by atomic mass is 32.2. The lowest BCUT2D eigenvalue weighted by Gasteiger charge is -2.36. The van der Waals surface area contributed by atoms with E-state index in [2.05, 4.69) is 38.6 Å². The van der Waals surface area contributed by atoms with Crippen molar-refractivity contribution in [3.05, 3.63) is 36.2 Å². The summed E-state index contributed by atoms with van der Waals surface area (Å²) in [6.07, 6.45) is 2.04. The van der Waals surface area contributed by atoms with Gasteiger partial charge in [0.2, 0.25) is 10.0 Å². The minimum atomic E-state index is -3.54. The lowest BCUT2D eigenvalue weighted by atomic mass is 10.3. The third-order valence-corrected chi connectivity index (χ3v) is 8.34. The highest BCUT2D eigenvalue weighted by molar-refractivity contribution is 7.89. The fraction of sp³-hybridized carbons (Fsp3) is 0.583. The fourth-order valence-electron chi connectivity index (χ4n) is 4.24. The number of hydrogen-bond donors (Lipinski definition) is 0. The third-order valence-electron chi connectivity index (χ3n) is 6.43. The van der Waals surface area contributed by atoms with Gasteiger partial charge < -0.3 is 19.4 Å². The number of likely N-dealkylation sites (N-methyl/N-ethyl adjacent to an activating group) is 1. The van der Waals surface area contributed by atoms with Crippen LogP contribution in [0, 0.1) is 6.92 Å². The number of benzene rings is 1. The van der Waals surface area contributed by atoms with E-state index >= 15 is 0 Å². The molecule has 1 aromatic heterocycles. The number of rotatable bonds is 8. The van der Waals surface area contributed by atoms with Crippen molar-refractivity contribution in [2.24, 2.45) is 0 Å². The van der Waals surface area contributed by atoms with E-state index in [0.717, 1.165) is 56.5 Å². The molecule has 10 heteroatoms. The number of sulfonamides is 1. The van der Waals surface area contributed by atoms with Crippen LogP contribution in [-0.4, -0.2) is 93.6 Å². The minimum absolute atomic E-state index is 0.305. The second kappa shape index (κ2) is 10.9. The van der Waals surface area contributed by atoms with Gasteiger partial charge in [0.25, 0.3) is 0 Å². The number of piperazine rings is 2. The van der Waals surface area contributed by atoms with Gasteiger partial charge in [-0.25, -0.2) is 18.4 Å². The van der Waals surface area contributed by atoms with Crippen LogP contribution in [0.25, 0.3) is 0 Å². The summed E-state index contributed by atoms with van der Waals surface area (Å²) in [5.41, 5.74) is 0. The average Bonchev–Trinajstić information content (AvgIpc) is 2.85. The normalized spacial score (nSPS) is 18.3. The Bertz CT molecular complexity index is 1050. The quantitative estimate of drug-likeness (QED) is 0.523. The van der Waals surface area contributed by atoms with Crippen LogP contribution in [0.3, 0.4) is 0 Å². The van der Waals surface area contributed by atoms with Crippen molar-refractivity contribution >= 4 is 21.7 Å². The molecule has 0 amide bonds. The Morgan fingerprint density at radius 3 is 2.00 bits per heavy atom. The predicted octanol–water partition coefficient (Wildman–Crippen LogP) is 2.23. The Hall–Kier alpha value is -2.43. The van der Waals surface area contributed by atoms with Gasteiger partial charge in [0.05, 0.1) is 11.5 Å². The summed E-state index contributed by atoms with van der Waals surface area (Å²) in [5.74, 6) is 3.26. The number of ether oxygens (including phenoxy) is 1. The highest BCUT2D eigenvalue weighted by Crippen LogP contribution is 2.24. The maximum Gasteiger partial charge on any atom is 0.243 e. The van der Waals surface area contributed by atoms with Gasteiger partial charge in [-0.3, -0.25) is 0 Å². The molecule has 2 saturated heterocycles. The van der Waals surface area contributed by atoms with E-state index in [1.165, 1.54) is 0 Å². The summed E-state index contributed by atoms with van der Waals surface area (Å²) in [4.78, 5) is 16.4. The van der Waals surface area contributed by atoms with Crippen LogP contribution in [0.1, 0.15) is 25.6 Å². The molecule has 3 heterocycles. The number of hydrogen-bond acceptors (Lipinski definition) is 8. The first-order valence-corrected chi connectivity index (χ1v) is 13.6. The van der Waals surface area contributed by atoms with E-state index < -0.39 is 10.0 Å². The maximum absolute atomic E-state index is 13.2. The zero-order chi connectivity index (χ0) is 24.1. The van der Waals surface area contributed by atoms with Gasteiger partial charge in [0, 0.05) is 58.4 Å². The molecule has 2 aromatic rings. The Balaban J connectivity index is 1.39. The van der Waals surface area contributed by atoms with Gasteiger partial charge in [-0.1, -0.05) is 13.3 Å². The largest absolute Gasteiger partial charge is 0.494 e. The second-order valence-electron chi connectivity index (χ2n) is 8.99. The van der Waals surface area contributed by atoms with Crippen LogP contribution in [0.4, 0.5) is 11.6 Å². The molecule has 0 aliphatic carbocycles. The van der Waals surface area contributed by atoms with Gasteiger partial charge in [-0.2, -0.15) is 4.31 Å². The highest BCUT2D eigenvalue weighted by Gasteiger charge is 2.29. The topological polar surface area (TPSA) is 82.1 Å². The van der Waals surface area contributed by atoms with Crippen molar-refractivity contribution < 1.29 is 13.2 Å². The first kappa shape index (κ1) is 24.7. The van der Waals surface area contributed by atoms with E-state index in [9.17, 15) is 8.42 Å². The molecule has 2 aliphatic rings. The summed E-state index contributed by atoms with van der Waals surface area (Å²) >= 11 is 0. The van der Waals surface area contributed by atoms with Crippen LogP contribution >= 0.6 is 0 Å². The Labute approximate surface area is 203 Å². The predicted molar refractivity (Wildman–Crippen MR) is 134 cm³/mol. The Morgan fingerprint density at radius 1 is 0.882 bits per heavy atom. The molecule has 0 radical (unpaired) electrons. The van der Waals surface area contributed by atoms with E-state index in [1.54, 1.807) is 28.6 Å². The minimum Gasteiger partial charge on any atom is -0.494 e. The van der Waals surface area contributed by atoms with E-state index in [1.807, 2.05) is 13.0 Å². The average molecular weight is 489 g/mol. The molecular formula is C24H36N6O3S. The van der Waals surface area contributed by atoms with Gasteiger partial charge >= 0.3 is 0 Å². The van der Waals surface area contributed by atoms with E-state index in [0.29, 0.717) is 43.4 Å². The molecule has 34 heavy (non-hydrogen) atoms.